The zero-order chi connectivity index (χ0) is 14.7. The number of aryl methyl sites for hydroxylation is 1. The Morgan fingerprint density at radius 3 is 2.75 bits per heavy atom. The number of aromatic nitrogens is 2. The van der Waals surface area contributed by atoms with Gasteiger partial charge in [0, 0.05) is 12.1 Å². The molecular formula is C13H14N4O3. The first-order valence-electron chi connectivity index (χ1n) is 5.92. The van der Waals surface area contributed by atoms with E-state index < -0.39 is 17.0 Å². The second kappa shape index (κ2) is 5.43. The van der Waals surface area contributed by atoms with Crippen LogP contribution in [0.1, 0.15) is 5.56 Å². The molecular weight excluding hydrogens is 260 g/mol. The molecule has 1 amide bonds. The van der Waals surface area contributed by atoms with Gasteiger partial charge in [0.25, 0.3) is 11.1 Å². The maximum absolute atomic E-state index is 11.9. The lowest BCUT2D eigenvalue weighted by Crippen LogP contribution is -2.33. The molecule has 0 spiro atoms. The Bertz CT molecular complexity index is 740. The minimum Gasteiger partial charge on any atom is -0.397 e. The first-order valence-corrected chi connectivity index (χ1v) is 5.92. The molecule has 0 aliphatic heterocycles. The van der Waals surface area contributed by atoms with E-state index in [1.54, 1.807) is 12.1 Å². The molecule has 0 aliphatic rings. The number of hydrogen-bond donors (Lipinski definition) is 3. The minimum atomic E-state index is -0.461. The molecule has 0 saturated carbocycles. The Hall–Kier alpha value is -2.83. The van der Waals surface area contributed by atoms with Crippen molar-refractivity contribution in [1.82, 2.24) is 9.78 Å². The average molecular weight is 274 g/mol. The third-order valence-corrected chi connectivity index (χ3v) is 2.76. The van der Waals surface area contributed by atoms with Gasteiger partial charge in [-0.2, -0.15) is 0 Å². The molecule has 4 N–H and O–H groups in total. The molecule has 1 aromatic heterocycles. The number of rotatable bonds is 3. The normalized spacial score (nSPS) is 10.2. The van der Waals surface area contributed by atoms with Crippen LogP contribution in [0.3, 0.4) is 0 Å². The van der Waals surface area contributed by atoms with Gasteiger partial charge in [-0.1, -0.05) is 12.1 Å². The number of nitrogens with two attached hydrogens (primary N) is 1. The van der Waals surface area contributed by atoms with E-state index in [2.05, 4.69) is 10.4 Å². The first kappa shape index (κ1) is 13.6. The van der Waals surface area contributed by atoms with Crippen LogP contribution in [-0.4, -0.2) is 15.7 Å². The van der Waals surface area contributed by atoms with Crippen molar-refractivity contribution >= 4 is 17.3 Å². The van der Waals surface area contributed by atoms with Crippen LogP contribution < -0.4 is 22.2 Å². The fraction of sp³-hybridized carbons (Fsp3) is 0.154. The largest absolute Gasteiger partial charge is 0.397 e. The van der Waals surface area contributed by atoms with E-state index in [0.29, 0.717) is 11.4 Å². The van der Waals surface area contributed by atoms with Crippen molar-refractivity contribution in [3.8, 4) is 0 Å². The standard InChI is InChI=1S/C13H14N4O3/c1-8-3-2-4-9(14)13(8)15-11(19)7-17-12(20)6-5-10(18)16-17/h2-6H,7,14H2,1H3,(H,15,19)(H,16,18). The molecule has 0 radical (unpaired) electrons. The molecule has 104 valence electrons. The highest BCUT2D eigenvalue weighted by Crippen LogP contribution is 2.22. The van der Waals surface area contributed by atoms with Crippen LogP contribution >= 0.6 is 0 Å². The van der Waals surface area contributed by atoms with Crippen LogP contribution in [0, 0.1) is 6.92 Å². The predicted octanol–water partition coefficient (Wildman–Crippen LogP) is 0.0659. The fourth-order valence-electron chi connectivity index (χ4n) is 1.76. The molecule has 0 aliphatic carbocycles. The van der Waals surface area contributed by atoms with Gasteiger partial charge in [-0.15, -0.1) is 0 Å². The summed E-state index contributed by atoms with van der Waals surface area (Å²) in [7, 11) is 0. The molecule has 2 aromatic rings. The molecule has 0 bridgehead atoms. The lowest BCUT2D eigenvalue weighted by molar-refractivity contribution is -0.117. The molecule has 1 aromatic carbocycles. The number of amides is 1. The van der Waals surface area contributed by atoms with Crippen LogP contribution in [0.2, 0.25) is 0 Å². The number of nitrogens with one attached hydrogen (secondary N) is 2. The van der Waals surface area contributed by atoms with Gasteiger partial charge in [0.15, 0.2) is 0 Å². The second-order valence-electron chi connectivity index (χ2n) is 4.32. The van der Waals surface area contributed by atoms with Gasteiger partial charge in [-0.3, -0.25) is 19.5 Å². The van der Waals surface area contributed by atoms with Gasteiger partial charge in [-0.05, 0) is 18.6 Å². The molecule has 20 heavy (non-hydrogen) atoms. The van der Waals surface area contributed by atoms with E-state index in [9.17, 15) is 14.4 Å². The van der Waals surface area contributed by atoms with Crippen molar-refractivity contribution < 1.29 is 4.79 Å². The number of nitrogens with zero attached hydrogens (tertiary/aromatic N) is 1. The highest BCUT2D eigenvalue weighted by Gasteiger charge is 2.09. The Morgan fingerprint density at radius 2 is 2.05 bits per heavy atom. The summed E-state index contributed by atoms with van der Waals surface area (Å²) in [5.74, 6) is -0.449. The number of anilines is 2. The number of carbonyl (C=O) groups is 1. The van der Waals surface area contributed by atoms with E-state index in [-0.39, 0.29) is 6.54 Å². The smallest absolute Gasteiger partial charge is 0.265 e. The molecule has 7 heteroatoms. The second-order valence-corrected chi connectivity index (χ2v) is 4.32. The first-order chi connectivity index (χ1) is 9.47. The summed E-state index contributed by atoms with van der Waals surface area (Å²) < 4.78 is 0.937. The Balaban J connectivity index is 2.20. The molecule has 0 atom stereocenters. The van der Waals surface area contributed by atoms with Crippen LogP contribution in [0.5, 0.6) is 0 Å². The van der Waals surface area contributed by atoms with E-state index in [1.807, 2.05) is 13.0 Å². The van der Waals surface area contributed by atoms with E-state index in [1.165, 1.54) is 0 Å². The molecule has 1 heterocycles. The Morgan fingerprint density at radius 1 is 1.30 bits per heavy atom. The van der Waals surface area contributed by atoms with Gasteiger partial charge in [0.05, 0.1) is 11.4 Å². The number of hydrogen-bond acceptors (Lipinski definition) is 4. The van der Waals surface area contributed by atoms with Crippen molar-refractivity contribution in [3.05, 3.63) is 56.6 Å². The van der Waals surface area contributed by atoms with Gasteiger partial charge in [0.2, 0.25) is 5.91 Å². The average Bonchev–Trinajstić information content (AvgIpc) is 2.38. The fourth-order valence-corrected chi connectivity index (χ4v) is 1.76. The Kier molecular flexibility index (Phi) is 3.69. The van der Waals surface area contributed by atoms with Crippen LogP contribution in [0.15, 0.2) is 39.9 Å². The summed E-state index contributed by atoms with van der Waals surface area (Å²) in [5.41, 5.74) is 6.62. The van der Waals surface area contributed by atoms with Gasteiger partial charge in [0.1, 0.15) is 6.54 Å². The van der Waals surface area contributed by atoms with Crippen molar-refractivity contribution in [2.24, 2.45) is 0 Å². The predicted molar refractivity (Wildman–Crippen MR) is 75.5 cm³/mol. The summed E-state index contributed by atoms with van der Waals surface area (Å²) >= 11 is 0. The van der Waals surface area contributed by atoms with E-state index in [0.717, 1.165) is 22.4 Å². The SMILES string of the molecule is Cc1cccc(N)c1NC(=O)Cn1[nH]c(=O)ccc1=O. The van der Waals surface area contributed by atoms with E-state index >= 15 is 0 Å². The number of para-hydroxylation sites is 1. The zero-order valence-electron chi connectivity index (χ0n) is 10.8. The molecule has 2 rings (SSSR count). The van der Waals surface area contributed by atoms with Crippen LogP contribution in [-0.2, 0) is 11.3 Å². The summed E-state index contributed by atoms with van der Waals surface area (Å²) in [4.78, 5) is 34.5. The number of H-pyrrole nitrogens is 1. The third kappa shape index (κ3) is 2.94. The van der Waals surface area contributed by atoms with Crippen LogP contribution in [0.25, 0.3) is 0 Å². The molecule has 7 nitrogen and oxygen atoms in total. The lowest BCUT2D eigenvalue weighted by atomic mass is 10.1. The highest BCUT2D eigenvalue weighted by atomic mass is 16.2. The zero-order valence-corrected chi connectivity index (χ0v) is 10.8. The molecule has 0 saturated heterocycles. The van der Waals surface area contributed by atoms with Crippen molar-refractivity contribution in [1.29, 1.82) is 0 Å². The number of benzene rings is 1. The van der Waals surface area contributed by atoms with Crippen molar-refractivity contribution in [2.75, 3.05) is 11.1 Å². The van der Waals surface area contributed by atoms with Crippen LogP contribution in [0.4, 0.5) is 11.4 Å². The maximum atomic E-state index is 11.9. The topological polar surface area (TPSA) is 110 Å². The highest BCUT2D eigenvalue weighted by molar-refractivity contribution is 5.94. The summed E-state index contributed by atoms with van der Waals surface area (Å²) in [6.07, 6.45) is 0. The maximum Gasteiger partial charge on any atom is 0.265 e. The monoisotopic (exact) mass is 274 g/mol. The summed E-state index contributed by atoms with van der Waals surface area (Å²) in [6.45, 7) is 1.52. The molecule has 0 fully saturated rings. The lowest BCUT2D eigenvalue weighted by Gasteiger charge is -2.11. The third-order valence-electron chi connectivity index (χ3n) is 2.76. The van der Waals surface area contributed by atoms with Gasteiger partial charge in [-0.25, -0.2) is 4.68 Å². The minimum absolute atomic E-state index is 0.289. The summed E-state index contributed by atoms with van der Waals surface area (Å²) in [5, 5.41) is 4.91. The molecule has 0 unspecified atom stereocenters. The number of nitrogen functional groups attached to an aromatic ring is 1. The number of carbonyl (C=O) groups excluding carboxylic acids is 1. The quantitative estimate of drug-likeness (QED) is 0.688. The number of aromatic amines is 1. The summed E-state index contributed by atoms with van der Waals surface area (Å²) in [6, 6.07) is 7.46. The van der Waals surface area contributed by atoms with Gasteiger partial charge >= 0.3 is 0 Å². The van der Waals surface area contributed by atoms with E-state index in [4.69, 9.17) is 5.73 Å². The van der Waals surface area contributed by atoms with Crippen molar-refractivity contribution in [3.63, 3.8) is 0 Å². The van der Waals surface area contributed by atoms with Crippen molar-refractivity contribution in [2.45, 2.75) is 13.5 Å². The van der Waals surface area contributed by atoms with Gasteiger partial charge < -0.3 is 11.1 Å². The Labute approximate surface area is 114 Å².